The molecule has 130 valence electrons. The van der Waals surface area contributed by atoms with Crippen molar-refractivity contribution in [3.63, 3.8) is 0 Å². The SMILES string of the molecule is CCCCCCC/C=C/C=C/CCCCCCCC(C)(C)C. The Balaban J connectivity index is 3.23. The first kappa shape index (κ1) is 21.5. The lowest BCUT2D eigenvalue weighted by atomic mass is 9.89. The summed E-state index contributed by atoms with van der Waals surface area (Å²) in [4.78, 5) is 0. The first-order chi connectivity index (χ1) is 10.6. The van der Waals surface area contributed by atoms with E-state index in [1.807, 2.05) is 0 Å². The van der Waals surface area contributed by atoms with Gasteiger partial charge in [0.1, 0.15) is 0 Å². The van der Waals surface area contributed by atoms with Gasteiger partial charge in [-0.3, -0.25) is 0 Å². The molecule has 0 bridgehead atoms. The van der Waals surface area contributed by atoms with Gasteiger partial charge in [0.05, 0.1) is 0 Å². The maximum Gasteiger partial charge on any atom is -0.0348 e. The molecule has 0 radical (unpaired) electrons. The fourth-order valence-corrected chi connectivity index (χ4v) is 2.66. The van der Waals surface area contributed by atoms with Crippen molar-refractivity contribution in [3.05, 3.63) is 24.3 Å². The Morgan fingerprint density at radius 1 is 0.591 bits per heavy atom. The Morgan fingerprint density at radius 2 is 1.05 bits per heavy atom. The van der Waals surface area contributed by atoms with Crippen LogP contribution in [-0.4, -0.2) is 0 Å². The van der Waals surface area contributed by atoms with E-state index in [2.05, 4.69) is 52.0 Å². The molecule has 0 aromatic heterocycles. The van der Waals surface area contributed by atoms with Crippen LogP contribution in [0, 0.1) is 5.41 Å². The summed E-state index contributed by atoms with van der Waals surface area (Å²) in [6, 6.07) is 0. The molecular formula is C22H42. The first-order valence-corrected chi connectivity index (χ1v) is 9.88. The molecule has 0 unspecified atom stereocenters. The van der Waals surface area contributed by atoms with E-state index in [1.165, 1.54) is 83.5 Å². The van der Waals surface area contributed by atoms with Gasteiger partial charge in [0, 0.05) is 0 Å². The summed E-state index contributed by atoms with van der Waals surface area (Å²) < 4.78 is 0. The van der Waals surface area contributed by atoms with Gasteiger partial charge in [-0.2, -0.15) is 0 Å². The second-order valence-corrected chi connectivity index (χ2v) is 7.93. The molecule has 0 atom stereocenters. The van der Waals surface area contributed by atoms with Gasteiger partial charge >= 0.3 is 0 Å². The summed E-state index contributed by atoms with van der Waals surface area (Å²) in [6.07, 6.45) is 26.9. The highest BCUT2D eigenvalue weighted by molar-refractivity contribution is 5.02. The fraction of sp³-hybridized carbons (Fsp3) is 0.818. The Morgan fingerprint density at radius 3 is 1.55 bits per heavy atom. The Kier molecular flexibility index (Phi) is 15.0. The van der Waals surface area contributed by atoms with Gasteiger partial charge in [-0.15, -0.1) is 0 Å². The zero-order valence-electron chi connectivity index (χ0n) is 16.0. The second-order valence-electron chi connectivity index (χ2n) is 7.93. The normalized spacial score (nSPS) is 12.7. The summed E-state index contributed by atoms with van der Waals surface area (Å²) in [5.41, 5.74) is 0.519. The smallest absolute Gasteiger partial charge is 0.0348 e. The quantitative estimate of drug-likeness (QED) is 0.224. The number of unbranched alkanes of at least 4 members (excludes halogenated alkanes) is 10. The van der Waals surface area contributed by atoms with E-state index in [0.717, 1.165) is 0 Å². The van der Waals surface area contributed by atoms with Crippen molar-refractivity contribution >= 4 is 0 Å². The fourth-order valence-electron chi connectivity index (χ4n) is 2.66. The molecule has 0 aromatic carbocycles. The van der Waals surface area contributed by atoms with Crippen LogP contribution < -0.4 is 0 Å². The van der Waals surface area contributed by atoms with Gasteiger partial charge in [-0.05, 0) is 37.5 Å². The zero-order chi connectivity index (χ0) is 16.5. The average molecular weight is 307 g/mol. The summed E-state index contributed by atoms with van der Waals surface area (Å²) >= 11 is 0. The number of hydrogen-bond acceptors (Lipinski definition) is 0. The molecule has 0 saturated heterocycles. The summed E-state index contributed by atoms with van der Waals surface area (Å²) in [5.74, 6) is 0. The topological polar surface area (TPSA) is 0 Å². The molecule has 0 saturated carbocycles. The molecule has 0 nitrogen and oxygen atoms in total. The largest absolute Gasteiger partial charge is 0.0845 e. The van der Waals surface area contributed by atoms with Gasteiger partial charge in [0.15, 0.2) is 0 Å². The average Bonchev–Trinajstić information content (AvgIpc) is 2.45. The van der Waals surface area contributed by atoms with E-state index >= 15 is 0 Å². The lowest BCUT2D eigenvalue weighted by Gasteiger charge is -2.17. The molecule has 0 aromatic rings. The van der Waals surface area contributed by atoms with Crippen LogP contribution in [0.15, 0.2) is 24.3 Å². The van der Waals surface area contributed by atoms with E-state index < -0.39 is 0 Å². The number of rotatable bonds is 14. The van der Waals surface area contributed by atoms with E-state index in [9.17, 15) is 0 Å². The molecule has 0 amide bonds. The van der Waals surface area contributed by atoms with Crippen LogP contribution in [0.3, 0.4) is 0 Å². The highest BCUT2D eigenvalue weighted by atomic mass is 14.1. The minimum absolute atomic E-state index is 0.519. The predicted molar refractivity (Wildman–Crippen MR) is 103 cm³/mol. The summed E-state index contributed by atoms with van der Waals surface area (Å²) in [6.45, 7) is 9.31. The van der Waals surface area contributed by atoms with E-state index in [4.69, 9.17) is 0 Å². The predicted octanol–water partition coefficient (Wildman–Crippen LogP) is 8.24. The molecule has 0 aliphatic carbocycles. The minimum Gasteiger partial charge on any atom is -0.0845 e. The minimum atomic E-state index is 0.519. The molecule has 0 heterocycles. The molecule has 0 heteroatoms. The van der Waals surface area contributed by atoms with Crippen LogP contribution in [0.25, 0.3) is 0 Å². The number of hydrogen-bond donors (Lipinski definition) is 0. The third-order valence-electron chi connectivity index (χ3n) is 4.16. The van der Waals surface area contributed by atoms with Crippen molar-refractivity contribution in [1.82, 2.24) is 0 Å². The van der Waals surface area contributed by atoms with Crippen molar-refractivity contribution in [2.45, 2.75) is 111 Å². The van der Waals surface area contributed by atoms with Crippen molar-refractivity contribution in [2.24, 2.45) is 5.41 Å². The highest BCUT2D eigenvalue weighted by Crippen LogP contribution is 2.22. The van der Waals surface area contributed by atoms with Crippen LogP contribution in [0.4, 0.5) is 0 Å². The Labute approximate surface area is 141 Å². The van der Waals surface area contributed by atoms with Gasteiger partial charge in [0.2, 0.25) is 0 Å². The van der Waals surface area contributed by atoms with E-state index in [1.54, 1.807) is 0 Å². The molecule has 0 N–H and O–H groups in total. The third-order valence-corrected chi connectivity index (χ3v) is 4.16. The standard InChI is InChI=1S/C22H42/c1-5-6-7-8-9-10-11-12-13-14-15-16-17-18-19-20-21-22(2,3)4/h11-14H,5-10,15-21H2,1-4H3/b12-11+,14-13+. The van der Waals surface area contributed by atoms with Crippen LogP contribution in [0.5, 0.6) is 0 Å². The van der Waals surface area contributed by atoms with Gasteiger partial charge in [-0.25, -0.2) is 0 Å². The Hall–Kier alpha value is -0.520. The highest BCUT2D eigenvalue weighted by Gasteiger charge is 2.08. The summed E-state index contributed by atoms with van der Waals surface area (Å²) in [5, 5.41) is 0. The van der Waals surface area contributed by atoms with Gasteiger partial charge < -0.3 is 0 Å². The van der Waals surface area contributed by atoms with Crippen LogP contribution in [-0.2, 0) is 0 Å². The van der Waals surface area contributed by atoms with Crippen molar-refractivity contribution < 1.29 is 0 Å². The summed E-state index contributed by atoms with van der Waals surface area (Å²) in [7, 11) is 0. The third kappa shape index (κ3) is 19.5. The molecule has 0 fully saturated rings. The van der Waals surface area contributed by atoms with Crippen LogP contribution in [0.2, 0.25) is 0 Å². The molecule has 0 spiro atoms. The molecular weight excluding hydrogens is 264 g/mol. The maximum absolute atomic E-state index is 2.34. The molecule has 0 aliphatic heterocycles. The monoisotopic (exact) mass is 306 g/mol. The lowest BCUT2D eigenvalue weighted by Crippen LogP contribution is -2.03. The second kappa shape index (κ2) is 15.4. The zero-order valence-corrected chi connectivity index (χ0v) is 16.0. The van der Waals surface area contributed by atoms with Crippen LogP contribution >= 0.6 is 0 Å². The first-order valence-electron chi connectivity index (χ1n) is 9.88. The van der Waals surface area contributed by atoms with Crippen LogP contribution in [0.1, 0.15) is 111 Å². The maximum atomic E-state index is 2.34. The van der Waals surface area contributed by atoms with E-state index in [0.29, 0.717) is 5.41 Å². The Bertz CT molecular complexity index is 264. The van der Waals surface area contributed by atoms with Crippen molar-refractivity contribution in [2.75, 3.05) is 0 Å². The number of allylic oxidation sites excluding steroid dienone is 4. The molecule has 0 rings (SSSR count). The van der Waals surface area contributed by atoms with E-state index in [-0.39, 0.29) is 0 Å². The van der Waals surface area contributed by atoms with Crippen molar-refractivity contribution in [3.8, 4) is 0 Å². The van der Waals surface area contributed by atoms with Gasteiger partial charge in [0.25, 0.3) is 0 Å². The van der Waals surface area contributed by atoms with Gasteiger partial charge in [-0.1, -0.05) is 103 Å². The molecule has 22 heavy (non-hydrogen) atoms. The molecule has 0 aliphatic rings. The lowest BCUT2D eigenvalue weighted by molar-refractivity contribution is 0.356. The van der Waals surface area contributed by atoms with Crippen molar-refractivity contribution in [1.29, 1.82) is 0 Å².